The summed E-state index contributed by atoms with van der Waals surface area (Å²) in [6, 6.07) is 8.82. The number of benzene rings is 2. The van der Waals surface area contributed by atoms with Crippen LogP contribution in [0.5, 0.6) is 0 Å². The maximum absolute atomic E-state index is 13.6. The van der Waals surface area contributed by atoms with Gasteiger partial charge in [-0.2, -0.15) is 0 Å². The third kappa shape index (κ3) is 4.97. The molecule has 0 radical (unpaired) electrons. The minimum atomic E-state index is -0.737. The maximum Gasteiger partial charge on any atom is 0.274 e. The van der Waals surface area contributed by atoms with Crippen LogP contribution in [0.15, 0.2) is 46.9 Å². The van der Waals surface area contributed by atoms with Gasteiger partial charge in [-0.3, -0.25) is 4.79 Å². The standard InChI is InChI=1S/C25H21F3N4O2S/c1-14-29-22(23(35-14)15-5-7-17(26)8-6-15)25(33)32-9-3-2-4-20(32)13-21-30-31-24(34-21)16-10-18(27)12-19(28)11-16/h5-8,10-12,20H,2-4,9,13H2,1H3. The molecule has 0 saturated carbocycles. The Hall–Kier alpha value is -3.53. The molecule has 1 saturated heterocycles. The predicted molar refractivity (Wildman–Crippen MR) is 124 cm³/mol. The Morgan fingerprint density at radius 3 is 2.51 bits per heavy atom. The lowest BCUT2D eigenvalue weighted by Crippen LogP contribution is -2.45. The maximum atomic E-state index is 13.6. The van der Waals surface area contributed by atoms with Gasteiger partial charge >= 0.3 is 0 Å². The molecule has 0 spiro atoms. The Balaban J connectivity index is 1.39. The van der Waals surface area contributed by atoms with Gasteiger partial charge in [-0.25, -0.2) is 18.2 Å². The molecule has 35 heavy (non-hydrogen) atoms. The molecule has 1 amide bonds. The summed E-state index contributed by atoms with van der Waals surface area (Å²) in [7, 11) is 0. The molecule has 1 aliphatic heterocycles. The predicted octanol–water partition coefficient (Wildman–Crippen LogP) is 5.82. The van der Waals surface area contributed by atoms with Crippen LogP contribution in [0.3, 0.4) is 0 Å². The number of hydrogen-bond acceptors (Lipinski definition) is 6. The smallest absolute Gasteiger partial charge is 0.274 e. The molecule has 10 heteroatoms. The van der Waals surface area contributed by atoms with Crippen LogP contribution in [0.25, 0.3) is 21.9 Å². The number of aryl methyl sites for hydroxylation is 1. The zero-order valence-electron chi connectivity index (χ0n) is 18.8. The highest BCUT2D eigenvalue weighted by atomic mass is 32.1. The van der Waals surface area contributed by atoms with Gasteiger partial charge in [0, 0.05) is 30.6 Å². The van der Waals surface area contributed by atoms with Gasteiger partial charge in [0.25, 0.3) is 5.91 Å². The van der Waals surface area contributed by atoms with Crippen molar-refractivity contribution in [1.29, 1.82) is 0 Å². The third-order valence-electron chi connectivity index (χ3n) is 5.92. The van der Waals surface area contributed by atoms with Crippen LogP contribution in [-0.4, -0.2) is 38.6 Å². The molecular weight excluding hydrogens is 477 g/mol. The number of piperidine rings is 1. The number of hydrogen-bond donors (Lipinski definition) is 0. The van der Waals surface area contributed by atoms with Crippen molar-refractivity contribution in [2.75, 3.05) is 6.54 Å². The molecule has 1 aliphatic rings. The Bertz CT molecular complexity index is 1350. The topological polar surface area (TPSA) is 72.1 Å². The van der Waals surface area contributed by atoms with E-state index in [1.54, 1.807) is 17.0 Å². The van der Waals surface area contributed by atoms with Crippen LogP contribution in [0.1, 0.15) is 40.6 Å². The minimum absolute atomic E-state index is 0.0146. The monoisotopic (exact) mass is 498 g/mol. The number of nitrogens with zero attached hydrogens (tertiary/aromatic N) is 4. The average molecular weight is 499 g/mol. The van der Waals surface area contributed by atoms with Crippen LogP contribution in [0.2, 0.25) is 0 Å². The molecule has 1 fully saturated rings. The van der Waals surface area contributed by atoms with E-state index in [9.17, 15) is 18.0 Å². The van der Waals surface area contributed by atoms with Gasteiger partial charge < -0.3 is 9.32 Å². The second-order valence-corrected chi connectivity index (χ2v) is 9.63. The zero-order chi connectivity index (χ0) is 24.5. The van der Waals surface area contributed by atoms with E-state index in [0.29, 0.717) is 23.5 Å². The summed E-state index contributed by atoms with van der Waals surface area (Å²) >= 11 is 1.39. The van der Waals surface area contributed by atoms with E-state index >= 15 is 0 Å². The molecule has 1 atom stereocenters. The molecule has 2 aromatic carbocycles. The summed E-state index contributed by atoms with van der Waals surface area (Å²) in [4.78, 5) is 20.6. The zero-order valence-corrected chi connectivity index (χ0v) is 19.6. The van der Waals surface area contributed by atoms with Crippen molar-refractivity contribution in [3.8, 4) is 21.9 Å². The fraction of sp³-hybridized carbons (Fsp3) is 0.280. The highest BCUT2D eigenvalue weighted by Crippen LogP contribution is 2.33. The summed E-state index contributed by atoms with van der Waals surface area (Å²) in [5.74, 6) is -1.73. The van der Waals surface area contributed by atoms with Crippen LogP contribution in [-0.2, 0) is 6.42 Å². The number of rotatable bonds is 5. The Morgan fingerprint density at radius 2 is 1.77 bits per heavy atom. The molecule has 2 aromatic heterocycles. The number of amides is 1. The van der Waals surface area contributed by atoms with E-state index < -0.39 is 11.6 Å². The first-order valence-corrected chi connectivity index (χ1v) is 12.0. The summed E-state index contributed by atoms with van der Waals surface area (Å²) in [6.07, 6.45) is 2.85. The summed E-state index contributed by atoms with van der Waals surface area (Å²) in [5, 5.41) is 8.71. The van der Waals surface area contributed by atoms with E-state index in [2.05, 4.69) is 15.2 Å². The molecular formula is C25H21F3N4O2S. The largest absolute Gasteiger partial charge is 0.421 e. The quantitative estimate of drug-likeness (QED) is 0.347. The molecule has 5 rings (SSSR count). The van der Waals surface area contributed by atoms with Gasteiger partial charge in [0.05, 0.1) is 9.88 Å². The lowest BCUT2D eigenvalue weighted by atomic mass is 9.98. The molecule has 0 N–H and O–H groups in total. The normalized spacial score (nSPS) is 16.0. The van der Waals surface area contributed by atoms with E-state index in [-0.39, 0.29) is 35.1 Å². The van der Waals surface area contributed by atoms with Gasteiger partial charge in [0.1, 0.15) is 23.1 Å². The fourth-order valence-corrected chi connectivity index (χ4v) is 5.23. The van der Waals surface area contributed by atoms with Gasteiger partial charge in [-0.1, -0.05) is 12.1 Å². The highest BCUT2D eigenvalue weighted by Gasteiger charge is 2.32. The molecule has 0 bridgehead atoms. The van der Waals surface area contributed by atoms with E-state index in [1.165, 1.54) is 23.5 Å². The van der Waals surface area contributed by atoms with Gasteiger partial charge in [-0.05, 0) is 56.0 Å². The lowest BCUT2D eigenvalue weighted by Gasteiger charge is -2.35. The van der Waals surface area contributed by atoms with Gasteiger partial charge in [-0.15, -0.1) is 21.5 Å². The average Bonchev–Trinajstić information content (AvgIpc) is 3.46. The van der Waals surface area contributed by atoms with Crippen molar-refractivity contribution in [3.63, 3.8) is 0 Å². The molecule has 1 unspecified atom stereocenters. The van der Waals surface area contributed by atoms with Crippen molar-refractivity contribution in [2.45, 2.75) is 38.6 Å². The second kappa shape index (κ2) is 9.61. The first kappa shape index (κ1) is 23.2. The van der Waals surface area contributed by atoms with Crippen LogP contribution < -0.4 is 0 Å². The van der Waals surface area contributed by atoms with Crippen molar-refractivity contribution in [2.24, 2.45) is 0 Å². The second-order valence-electron chi connectivity index (χ2n) is 8.43. The molecule has 3 heterocycles. The van der Waals surface area contributed by atoms with Crippen LogP contribution >= 0.6 is 11.3 Å². The van der Waals surface area contributed by atoms with Crippen molar-refractivity contribution < 1.29 is 22.4 Å². The summed E-state index contributed by atoms with van der Waals surface area (Å²) in [5.41, 5.74) is 1.23. The molecule has 0 aliphatic carbocycles. The number of halogens is 3. The third-order valence-corrected chi connectivity index (χ3v) is 6.94. The summed E-state index contributed by atoms with van der Waals surface area (Å²) in [6.45, 7) is 2.39. The first-order valence-electron chi connectivity index (χ1n) is 11.2. The Labute approximate surface area is 203 Å². The summed E-state index contributed by atoms with van der Waals surface area (Å²) < 4.78 is 46.2. The van der Waals surface area contributed by atoms with Gasteiger partial charge in [0.2, 0.25) is 11.8 Å². The first-order chi connectivity index (χ1) is 16.9. The van der Waals surface area contributed by atoms with Gasteiger partial charge in [0.15, 0.2) is 0 Å². The van der Waals surface area contributed by atoms with Crippen molar-refractivity contribution >= 4 is 17.2 Å². The van der Waals surface area contributed by atoms with E-state index in [0.717, 1.165) is 48.0 Å². The fourth-order valence-electron chi connectivity index (χ4n) is 4.32. The van der Waals surface area contributed by atoms with E-state index in [1.807, 2.05) is 6.92 Å². The number of likely N-dealkylation sites (tertiary alicyclic amines) is 1. The van der Waals surface area contributed by atoms with E-state index in [4.69, 9.17) is 4.42 Å². The minimum Gasteiger partial charge on any atom is -0.421 e. The van der Waals surface area contributed by atoms with Crippen LogP contribution in [0.4, 0.5) is 13.2 Å². The Morgan fingerprint density at radius 1 is 1.03 bits per heavy atom. The lowest BCUT2D eigenvalue weighted by molar-refractivity contribution is 0.0601. The van der Waals surface area contributed by atoms with Crippen molar-refractivity contribution in [1.82, 2.24) is 20.1 Å². The van der Waals surface area contributed by atoms with Crippen LogP contribution in [0, 0.1) is 24.4 Å². The highest BCUT2D eigenvalue weighted by molar-refractivity contribution is 7.15. The molecule has 4 aromatic rings. The Kier molecular flexibility index (Phi) is 6.38. The molecule has 180 valence electrons. The number of carbonyl (C=O) groups is 1. The number of thiazole rings is 1. The SMILES string of the molecule is Cc1nc(C(=O)N2CCCCC2Cc2nnc(-c3cc(F)cc(F)c3)o2)c(-c2ccc(F)cc2)s1. The number of carbonyl (C=O) groups excluding carboxylic acids is 1. The van der Waals surface area contributed by atoms with Crippen molar-refractivity contribution in [3.05, 3.63) is 76.5 Å². The molecule has 6 nitrogen and oxygen atoms in total. The number of aromatic nitrogens is 3.